The molecule has 0 unspecified atom stereocenters. The van der Waals surface area contributed by atoms with Crippen molar-refractivity contribution >= 4 is 46.2 Å². The van der Waals surface area contributed by atoms with Gasteiger partial charge in [-0.05, 0) is 100 Å². The Morgan fingerprint density at radius 3 is 2.18 bits per heavy atom. The number of nitrogens with zero attached hydrogens (tertiary/aromatic N) is 4. The number of H-pyrrole nitrogens is 1. The fraction of sp³-hybridized carbons (Fsp3) is 0.545. The SMILES string of the molecule is CN1CCC(C2CCN(C(=O)[C@@H](Cc3ccc(Cl)c(Cl)c3)OC(=O)N3CCC(n4c(=O)[nH]c5ccccc54)CC3)CC2)CC1. The number of halogens is 2. The van der Waals surface area contributed by atoms with E-state index in [4.69, 9.17) is 27.9 Å². The van der Waals surface area contributed by atoms with Crippen LogP contribution in [0.15, 0.2) is 47.3 Å². The number of aromatic nitrogens is 2. The molecule has 2 aromatic carbocycles. The maximum Gasteiger partial charge on any atom is 0.410 e. The Balaban J connectivity index is 1.10. The van der Waals surface area contributed by atoms with Crippen molar-refractivity contribution in [3.05, 3.63) is 68.6 Å². The van der Waals surface area contributed by atoms with Crippen LogP contribution in [-0.2, 0) is 16.0 Å². The van der Waals surface area contributed by atoms with Crippen LogP contribution in [0.5, 0.6) is 0 Å². The predicted octanol–water partition coefficient (Wildman–Crippen LogP) is 5.60. The van der Waals surface area contributed by atoms with E-state index in [9.17, 15) is 14.4 Å². The molecule has 1 atom stereocenters. The van der Waals surface area contributed by atoms with Crippen molar-refractivity contribution in [2.45, 2.75) is 57.1 Å². The minimum Gasteiger partial charge on any atom is -0.436 e. The van der Waals surface area contributed by atoms with E-state index in [0.29, 0.717) is 55.0 Å². The quantitative estimate of drug-likeness (QED) is 0.378. The van der Waals surface area contributed by atoms with Crippen LogP contribution in [0, 0.1) is 11.8 Å². The van der Waals surface area contributed by atoms with Gasteiger partial charge < -0.3 is 24.4 Å². The highest BCUT2D eigenvalue weighted by molar-refractivity contribution is 6.42. The Morgan fingerprint density at radius 1 is 0.864 bits per heavy atom. The summed E-state index contributed by atoms with van der Waals surface area (Å²) >= 11 is 12.4. The minimum absolute atomic E-state index is 0.0257. The summed E-state index contributed by atoms with van der Waals surface area (Å²) in [6.45, 7) is 4.50. The van der Waals surface area contributed by atoms with Gasteiger partial charge in [-0.15, -0.1) is 0 Å². The molecule has 0 saturated carbocycles. The number of hydrogen-bond acceptors (Lipinski definition) is 5. The van der Waals surface area contributed by atoms with E-state index in [0.717, 1.165) is 48.4 Å². The van der Waals surface area contributed by atoms with Crippen molar-refractivity contribution in [2.75, 3.05) is 46.3 Å². The maximum absolute atomic E-state index is 13.9. The van der Waals surface area contributed by atoms with Crippen LogP contribution in [0.4, 0.5) is 4.79 Å². The van der Waals surface area contributed by atoms with Crippen LogP contribution in [0.3, 0.4) is 0 Å². The van der Waals surface area contributed by atoms with Gasteiger partial charge in [-0.3, -0.25) is 9.36 Å². The smallest absolute Gasteiger partial charge is 0.410 e. The Kier molecular flexibility index (Phi) is 9.54. The highest BCUT2D eigenvalue weighted by Gasteiger charge is 2.36. The number of hydrogen-bond donors (Lipinski definition) is 1. The molecular weight excluding hydrogens is 601 g/mol. The molecule has 6 rings (SSSR count). The molecule has 0 radical (unpaired) electrons. The third-order valence-electron chi connectivity index (χ3n) is 9.92. The standard InChI is InChI=1S/C33H41Cl2N5O4/c1-37-14-8-23(9-15-37)24-10-16-38(17-11-24)31(41)30(21-22-6-7-26(34)27(35)20-22)44-33(43)39-18-12-25(13-19-39)40-29-5-3-2-4-28(29)36-32(40)42/h2-7,20,23-25,30H,8-19,21H2,1H3,(H,36,42)/t30-/m1/s1. The Hall–Kier alpha value is -3.01. The van der Waals surface area contributed by atoms with E-state index < -0.39 is 12.2 Å². The zero-order chi connectivity index (χ0) is 30.8. The number of piperidine rings is 3. The van der Waals surface area contributed by atoms with Gasteiger partial charge in [0, 0.05) is 38.6 Å². The number of ether oxygens (including phenoxy) is 1. The summed E-state index contributed by atoms with van der Waals surface area (Å²) in [5.74, 6) is 1.19. The van der Waals surface area contributed by atoms with Gasteiger partial charge in [0.05, 0.1) is 21.1 Å². The van der Waals surface area contributed by atoms with Crippen LogP contribution >= 0.6 is 23.2 Å². The van der Waals surface area contributed by atoms with E-state index in [-0.39, 0.29) is 24.1 Å². The zero-order valence-electron chi connectivity index (χ0n) is 25.2. The van der Waals surface area contributed by atoms with Crippen LogP contribution < -0.4 is 5.69 Å². The minimum atomic E-state index is -0.964. The second-order valence-corrected chi connectivity index (χ2v) is 13.5. The first-order chi connectivity index (χ1) is 21.3. The fourth-order valence-corrected chi connectivity index (χ4v) is 7.62. The molecule has 0 bridgehead atoms. The number of rotatable bonds is 6. The normalized spacial score (nSPS) is 20.2. The number of benzene rings is 2. The van der Waals surface area contributed by atoms with Gasteiger partial charge in [-0.25, -0.2) is 9.59 Å². The molecular formula is C33H41Cl2N5O4. The van der Waals surface area contributed by atoms with E-state index >= 15 is 0 Å². The number of para-hydroxylation sites is 2. The molecule has 0 aliphatic carbocycles. The third-order valence-corrected chi connectivity index (χ3v) is 10.7. The first-order valence-electron chi connectivity index (χ1n) is 15.8. The Bertz CT molecular complexity index is 1530. The average molecular weight is 643 g/mol. The summed E-state index contributed by atoms with van der Waals surface area (Å²) < 4.78 is 7.79. The van der Waals surface area contributed by atoms with Crippen LogP contribution in [0.1, 0.15) is 50.1 Å². The van der Waals surface area contributed by atoms with Gasteiger partial charge in [0.2, 0.25) is 0 Å². The van der Waals surface area contributed by atoms with Crippen molar-refractivity contribution in [1.82, 2.24) is 24.3 Å². The Labute approximate surface area is 268 Å². The average Bonchev–Trinajstić information content (AvgIpc) is 3.38. The van der Waals surface area contributed by atoms with Crippen molar-refractivity contribution < 1.29 is 14.3 Å². The third kappa shape index (κ3) is 6.80. The van der Waals surface area contributed by atoms with Gasteiger partial charge in [0.25, 0.3) is 5.91 Å². The number of carbonyl (C=O) groups is 2. The van der Waals surface area contributed by atoms with Crippen molar-refractivity contribution in [3.8, 4) is 0 Å². The molecule has 11 heteroatoms. The second kappa shape index (κ2) is 13.5. The number of likely N-dealkylation sites (tertiary alicyclic amines) is 3. The molecule has 3 aliphatic rings. The number of amides is 2. The lowest BCUT2D eigenvalue weighted by Gasteiger charge is -2.40. The number of aromatic amines is 1. The topological polar surface area (TPSA) is 90.9 Å². The number of imidazole rings is 1. The number of carbonyl (C=O) groups excluding carboxylic acids is 2. The van der Waals surface area contributed by atoms with Crippen molar-refractivity contribution in [1.29, 1.82) is 0 Å². The molecule has 1 N–H and O–H groups in total. The highest BCUT2D eigenvalue weighted by Crippen LogP contribution is 2.33. The Morgan fingerprint density at radius 2 is 1.50 bits per heavy atom. The summed E-state index contributed by atoms with van der Waals surface area (Å²) in [5, 5.41) is 0.832. The van der Waals surface area contributed by atoms with Gasteiger partial charge in [-0.1, -0.05) is 41.4 Å². The first-order valence-corrected chi connectivity index (χ1v) is 16.6. The summed E-state index contributed by atoms with van der Waals surface area (Å²) in [7, 11) is 2.18. The lowest BCUT2D eigenvalue weighted by atomic mass is 9.79. The molecule has 2 amide bonds. The van der Waals surface area contributed by atoms with E-state index in [1.807, 2.05) is 35.2 Å². The summed E-state index contributed by atoms with van der Waals surface area (Å²) in [6, 6.07) is 12.9. The molecule has 9 nitrogen and oxygen atoms in total. The number of fused-ring (bicyclic) bond motifs is 1. The van der Waals surface area contributed by atoms with E-state index in [1.54, 1.807) is 21.6 Å². The molecule has 44 heavy (non-hydrogen) atoms. The number of nitrogens with one attached hydrogen (secondary N) is 1. The van der Waals surface area contributed by atoms with Crippen molar-refractivity contribution in [2.24, 2.45) is 11.8 Å². The lowest BCUT2D eigenvalue weighted by molar-refractivity contribution is -0.142. The van der Waals surface area contributed by atoms with Crippen LogP contribution in [-0.4, -0.2) is 88.7 Å². The summed E-state index contributed by atoms with van der Waals surface area (Å²) in [6.07, 6.45) is 4.39. The second-order valence-electron chi connectivity index (χ2n) is 12.7. The van der Waals surface area contributed by atoms with Gasteiger partial charge in [-0.2, -0.15) is 0 Å². The van der Waals surface area contributed by atoms with E-state index in [2.05, 4.69) is 16.9 Å². The van der Waals surface area contributed by atoms with Crippen LogP contribution in [0.2, 0.25) is 10.0 Å². The monoisotopic (exact) mass is 641 g/mol. The fourth-order valence-electron chi connectivity index (χ4n) is 7.29. The van der Waals surface area contributed by atoms with Gasteiger partial charge in [0.15, 0.2) is 6.10 Å². The van der Waals surface area contributed by atoms with Gasteiger partial charge in [0.1, 0.15) is 0 Å². The highest BCUT2D eigenvalue weighted by atomic mass is 35.5. The predicted molar refractivity (Wildman–Crippen MR) is 172 cm³/mol. The first kappa shape index (κ1) is 31.0. The van der Waals surface area contributed by atoms with Crippen molar-refractivity contribution in [3.63, 3.8) is 0 Å². The molecule has 3 saturated heterocycles. The molecule has 1 aromatic heterocycles. The molecule has 0 spiro atoms. The largest absolute Gasteiger partial charge is 0.436 e. The van der Waals surface area contributed by atoms with E-state index in [1.165, 1.54) is 12.8 Å². The molecule has 3 aliphatic heterocycles. The summed E-state index contributed by atoms with van der Waals surface area (Å²) in [4.78, 5) is 48.9. The maximum atomic E-state index is 13.9. The van der Waals surface area contributed by atoms with Crippen LogP contribution in [0.25, 0.3) is 11.0 Å². The zero-order valence-corrected chi connectivity index (χ0v) is 26.7. The summed E-state index contributed by atoms with van der Waals surface area (Å²) in [5.41, 5.74) is 2.31. The molecule has 3 fully saturated rings. The molecule has 236 valence electrons. The molecule has 3 aromatic rings. The molecule has 4 heterocycles. The van der Waals surface area contributed by atoms with Gasteiger partial charge >= 0.3 is 11.8 Å². The lowest BCUT2D eigenvalue weighted by Crippen LogP contribution is -2.49.